The van der Waals surface area contributed by atoms with Crippen molar-refractivity contribution in [3.63, 3.8) is 0 Å². The van der Waals surface area contributed by atoms with Crippen molar-refractivity contribution < 1.29 is 12.8 Å². The number of pyridine rings is 1. The summed E-state index contributed by atoms with van der Waals surface area (Å²) in [6, 6.07) is 6.93. The maximum absolute atomic E-state index is 13.1. The van der Waals surface area contributed by atoms with Crippen molar-refractivity contribution in [2.45, 2.75) is 44.4 Å². The van der Waals surface area contributed by atoms with Crippen LogP contribution in [0.3, 0.4) is 0 Å². The minimum atomic E-state index is -3.71. The van der Waals surface area contributed by atoms with Crippen LogP contribution in [0.15, 0.2) is 35.2 Å². The Kier molecular flexibility index (Phi) is 4.58. The highest BCUT2D eigenvalue weighted by Gasteiger charge is 2.30. The van der Waals surface area contributed by atoms with Crippen molar-refractivity contribution in [1.82, 2.24) is 4.98 Å². The third kappa shape index (κ3) is 2.90. The first-order valence-electron chi connectivity index (χ1n) is 8.27. The minimum Gasteiger partial charge on any atom is -0.264 e. The molecule has 6 heteroatoms. The third-order valence-electron chi connectivity index (χ3n) is 4.41. The summed E-state index contributed by atoms with van der Waals surface area (Å²) in [5.41, 5.74) is 3.62. The Bertz CT molecular complexity index is 848. The van der Waals surface area contributed by atoms with Gasteiger partial charge in [-0.05, 0) is 61.6 Å². The van der Waals surface area contributed by atoms with E-state index in [1.165, 1.54) is 28.6 Å². The van der Waals surface area contributed by atoms with E-state index in [2.05, 4.69) is 6.92 Å². The first-order valence-corrected chi connectivity index (χ1v) is 9.71. The van der Waals surface area contributed by atoms with Gasteiger partial charge in [-0.3, -0.25) is 9.29 Å². The maximum atomic E-state index is 13.1. The van der Waals surface area contributed by atoms with Crippen LogP contribution in [0.25, 0.3) is 0 Å². The summed E-state index contributed by atoms with van der Waals surface area (Å²) >= 11 is 0. The number of aryl methyl sites for hydroxylation is 3. The number of halogens is 1. The van der Waals surface area contributed by atoms with Crippen molar-refractivity contribution in [1.29, 1.82) is 0 Å². The molecule has 128 valence electrons. The molecular formula is C18H21FN2O2S. The summed E-state index contributed by atoms with van der Waals surface area (Å²) in [7, 11) is -3.71. The smallest absolute Gasteiger partial charge is 0.264 e. The van der Waals surface area contributed by atoms with Gasteiger partial charge in [0.15, 0.2) is 0 Å². The van der Waals surface area contributed by atoms with Crippen molar-refractivity contribution in [3.8, 4) is 0 Å². The van der Waals surface area contributed by atoms with E-state index >= 15 is 0 Å². The normalized spacial score (nSPS) is 14.5. The molecule has 1 aromatic heterocycles. The average molecular weight is 348 g/mol. The number of hydrogen-bond donors (Lipinski definition) is 0. The molecule has 1 aliphatic heterocycles. The molecule has 0 fully saturated rings. The van der Waals surface area contributed by atoms with Gasteiger partial charge in [0.05, 0.1) is 16.3 Å². The number of hydrogen-bond acceptors (Lipinski definition) is 3. The van der Waals surface area contributed by atoms with Crippen LogP contribution in [0.1, 0.15) is 37.2 Å². The van der Waals surface area contributed by atoms with Gasteiger partial charge in [-0.25, -0.2) is 12.8 Å². The fourth-order valence-electron chi connectivity index (χ4n) is 3.13. The number of rotatable bonds is 4. The largest absolute Gasteiger partial charge is 0.264 e. The molecule has 1 aromatic carbocycles. The topological polar surface area (TPSA) is 50.3 Å². The van der Waals surface area contributed by atoms with E-state index in [1.807, 2.05) is 13.0 Å². The first-order chi connectivity index (χ1) is 11.5. The van der Waals surface area contributed by atoms with Gasteiger partial charge in [-0.1, -0.05) is 13.8 Å². The van der Waals surface area contributed by atoms with Crippen molar-refractivity contribution in [2.24, 2.45) is 0 Å². The molecule has 0 saturated carbocycles. The molecule has 1 aliphatic rings. The third-order valence-corrected chi connectivity index (χ3v) is 6.24. The molecule has 2 heterocycles. The second kappa shape index (κ2) is 6.51. The lowest BCUT2D eigenvalue weighted by molar-refractivity contribution is 0.584. The van der Waals surface area contributed by atoms with Crippen molar-refractivity contribution >= 4 is 15.7 Å². The highest BCUT2D eigenvalue weighted by molar-refractivity contribution is 7.92. The van der Waals surface area contributed by atoms with Crippen LogP contribution in [-0.2, 0) is 29.3 Å². The van der Waals surface area contributed by atoms with Crippen molar-refractivity contribution in [2.75, 3.05) is 10.8 Å². The summed E-state index contributed by atoms with van der Waals surface area (Å²) in [6.07, 6.45) is 3.16. The van der Waals surface area contributed by atoms with Crippen molar-refractivity contribution in [3.05, 3.63) is 53.1 Å². The van der Waals surface area contributed by atoms with Gasteiger partial charge in [0.2, 0.25) is 0 Å². The lowest BCUT2D eigenvalue weighted by atomic mass is 10.0. The maximum Gasteiger partial charge on any atom is 0.264 e. The molecule has 0 saturated heterocycles. The van der Waals surface area contributed by atoms with Crippen LogP contribution in [0.2, 0.25) is 0 Å². The molecule has 0 atom stereocenters. The summed E-state index contributed by atoms with van der Waals surface area (Å²) in [6.45, 7) is 4.52. The summed E-state index contributed by atoms with van der Waals surface area (Å²) < 4.78 is 40.5. The van der Waals surface area contributed by atoms with Crippen LogP contribution in [-0.4, -0.2) is 19.9 Å². The number of anilines is 1. The van der Waals surface area contributed by atoms with Gasteiger partial charge in [0, 0.05) is 12.2 Å². The van der Waals surface area contributed by atoms with E-state index in [9.17, 15) is 12.8 Å². The number of nitrogens with zero attached hydrogens (tertiary/aromatic N) is 2. The lowest BCUT2D eigenvalue weighted by Crippen LogP contribution is -2.36. The van der Waals surface area contributed by atoms with E-state index < -0.39 is 15.8 Å². The number of aromatic nitrogens is 1. The van der Waals surface area contributed by atoms with Gasteiger partial charge < -0.3 is 0 Å². The molecule has 0 spiro atoms. The number of sulfonamides is 1. The SMILES string of the molecule is CCc1cc2c(nc1CC)CCCN2S(=O)(=O)c1ccc(F)cc1. The van der Waals surface area contributed by atoms with E-state index in [0.717, 1.165) is 42.6 Å². The van der Waals surface area contributed by atoms with E-state index in [1.54, 1.807) is 0 Å². The van der Waals surface area contributed by atoms with E-state index in [4.69, 9.17) is 4.98 Å². The molecule has 3 rings (SSSR count). The molecule has 0 radical (unpaired) electrons. The summed E-state index contributed by atoms with van der Waals surface area (Å²) in [5, 5.41) is 0. The lowest BCUT2D eigenvalue weighted by Gasteiger charge is -2.31. The Hall–Kier alpha value is -1.95. The number of fused-ring (bicyclic) bond motifs is 1. The van der Waals surface area contributed by atoms with Crippen LogP contribution in [0.4, 0.5) is 10.1 Å². The minimum absolute atomic E-state index is 0.106. The molecule has 0 amide bonds. The fourth-order valence-corrected chi connectivity index (χ4v) is 4.65. The molecule has 0 aliphatic carbocycles. The molecule has 0 bridgehead atoms. The molecule has 4 nitrogen and oxygen atoms in total. The van der Waals surface area contributed by atoms with Gasteiger partial charge >= 0.3 is 0 Å². The molecule has 0 N–H and O–H groups in total. The van der Waals surface area contributed by atoms with E-state index in [0.29, 0.717) is 12.2 Å². The Balaban J connectivity index is 2.10. The Morgan fingerprint density at radius 2 is 1.88 bits per heavy atom. The predicted octanol–water partition coefficient (Wildman–Crippen LogP) is 3.49. The second-order valence-electron chi connectivity index (χ2n) is 5.90. The van der Waals surface area contributed by atoms with Crippen LogP contribution in [0, 0.1) is 5.82 Å². The second-order valence-corrected chi connectivity index (χ2v) is 7.76. The van der Waals surface area contributed by atoms with Gasteiger partial charge in [-0.2, -0.15) is 0 Å². The predicted molar refractivity (Wildman–Crippen MR) is 92.2 cm³/mol. The summed E-state index contributed by atoms with van der Waals surface area (Å²) in [5.74, 6) is -0.449. The zero-order valence-electron chi connectivity index (χ0n) is 13.9. The zero-order chi connectivity index (χ0) is 17.3. The molecular weight excluding hydrogens is 327 g/mol. The quantitative estimate of drug-likeness (QED) is 0.850. The highest BCUT2D eigenvalue weighted by Crippen LogP contribution is 2.33. The summed E-state index contributed by atoms with van der Waals surface area (Å²) in [4.78, 5) is 4.81. The first kappa shape index (κ1) is 16.9. The average Bonchev–Trinajstić information content (AvgIpc) is 2.60. The van der Waals surface area contributed by atoms with Crippen LogP contribution < -0.4 is 4.31 Å². The zero-order valence-corrected chi connectivity index (χ0v) is 14.7. The molecule has 24 heavy (non-hydrogen) atoms. The number of benzene rings is 1. The molecule has 2 aromatic rings. The standard InChI is InChI=1S/C18H21FN2O2S/c1-3-13-12-18-17(20-16(13)4-2)6-5-11-21(18)24(22,23)15-9-7-14(19)8-10-15/h7-10,12H,3-6,11H2,1-2H3. The van der Waals surface area contributed by atoms with Gasteiger partial charge in [0.25, 0.3) is 10.0 Å². The van der Waals surface area contributed by atoms with Gasteiger partial charge in [0.1, 0.15) is 5.82 Å². The van der Waals surface area contributed by atoms with E-state index in [-0.39, 0.29) is 4.90 Å². The van der Waals surface area contributed by atoms with Crippen LogP contribution >= 0.6 is 0 Å². The van der Waals surface area contributed by atoms with Gasteiger partial charge in [-0.15, -0.1) is 0 Å². The Morgan fingerprint density at radius 3 is 2.50 bits per heavy atom. The van der Waals surface area contributed by atoms with Crippen LogP contribution in [0.5, 0.6) is 0 Å². The Labute approximate surface area is 142 Å². The highest BCUT2D eigenvalue weighted by atomic mass is 32.2. The fraction of sp³-hybridized carbons (Fsp3) is 0.389. The Morgan fingerprint density at radius 1 is 1.17 bits per heavy atom. The molecule has 0 unspecified atom stereocenters. The monoisotopic (exact) mass is 348 g/mol.